The Morgan fingerprint density at radius 3 is 2.65 bits per heavy atom. The lowest BCUT2D eigenvalue weighted by Crippen LogP contribution is -2.36. The number of benzene rings is 1. The van der Waals surface area contributed by atoms with Gasteiger partial charge in [-0.1, -0.05) is 6.92 Å². The molecule has 0 amide bonds. The molecule has 96 valence electrons. The molecule has 1 rings (SSSR count). The van der Waals surface area contributed by atoms with Crippen molar-refractivity contribution in [2.24, 2.45) is 5.73 Å². The Kier molecular flexibility index (Phi) is 4.91. The molecule has 2 unspecified atom stereocenters. The van der Waals surface area contributed by atoms with E-state index in [0.717, 1.165) is 6.07 Å². The van der Waals surface area contributed by atoms with Crippen molar-refractivity contribution >= 4 is 11.8 Å². The Hall–Kier alpha value is -0.650. The van der Waals surface area contributed by atoms with E-state index in [-0.39, 0.29) is 11.8 Å². The van der Waals surface area contributed by atoms with E-state index in [4.69, 9.17) is 5.73 Å². The van der Waals surface area contributed by atoms with Gasteiger partial charge in [-0.25, -0.2) is 8.78 Å². The molecular formula is C12H17F2NOS. The molecule has 0 fully saturated rings. The molecular weight excluding hydrogens is 244 g/mol. The first-order valence-corrected chi connectivity index (χ1v) is 6.26. The second-order valence-corrected chi connectivity index (χ2v) is 5.89. The molecule has 0 aliphatic rings. The van der Waals surface area contributed by atoms with Gasteiger partial charge in [-0.15, -0.1) is 11.8 Å². The van der Waals surface area contributed by atoms with E-state index in [1.54, 1.807) is 6.92 Å². The fraction of sp³-hybridized carbons (Fsp3) is 0.500. The monoisotopic (exact) mass is 261 g/mol. The minimum absolute atomic E-state index is 0.00601. The Morgan fingerprint density at radius 1 is 1.47 bits per heavy atom. The minimum atomic E-state index is -0.955. The predicted molar refractivity (Wildman–Crippen MR) is 66.0 cm³/mol. The zero-order valence-electron chi connectivity index (χ0n) is 9.91. The standard InChI is InChI=1S/C12H17F2NOS/c1-8(6-12(2,16)7-15)17-11-4-3-9(13)5-10(11)14/h3-5,8,16H,6-7,15H2,1-2H3. The van der Waals surface area contributed by atoms with Gasteiger partial charge in [0.05, 0.1) is 5.60 Å². The third-order valence-electron chi connectivity index (χ3n) is 2.39. The van der Waals surface area contributed by atoms with E-state index in [0.29, 0.717) is 11.3 Å². The van der Waals surface area contributed by atoms with Gasteiger partial charge in [-0.3, -0.25) is 0 Å². The number of halogens is 2. The number of nitrogens with two attached hydrogens (primary N) is 1. The highest BCUT2D eigenvalue weighted by molar-refractivity contribution is 8.00. The summed E-state index contributed by atoms with van der Waals surface area (Å²) in [5.41, 5.74) is 4.46. The Morgan fingerprint density at radius 2 is 2.12 bits per heavy atom. The molecule has 0 aromatic heterocycles. The fourth-order valence-electron chi connectivity index (χ4n) is 1.53. The first-order chi connectivity index (χ1) is 7.84. The van der Waals surface area contributed by atoms with Crippen molar-refractivity contribution < 1.29 is 13.9 Å². The van der Waals surface area contributed by atoms with Crippen LogP contribution in [-0.4, -0.2) is 22.5 Å². The summed E-state index contributed by atoms with van der Waals surface area (Å²) >= 11 is 1.26. The molecule has 0 radical (unpaired) electrons. The van der Waals surface area contributed by atoms with E-state index >= 15 is 0 Å². The number of rotatable bonds is 5. The number of aliphatic hydroxyl groups is 1. The minimum Gasteiger partial charge on any atom is -0.389 e. The smallest absolute Gasteiger partial charge is 0.139 e. The first-order valence-electron chi connectivity index (χ1n) is 5.38. The molecule has 1 aromatic rings. The van der Waals surface area contributed by atoms with E-state index < -0.39 is 17.2 Å². The van der Waals surface area contributed by atoms with Gasteiger partial charge in [0.25, 0.3) is 0 Å². The molecule has 2 atom stereocenters. The van der Waals surface area contributed by atoms with Crippen LogP contribution in [0.2, 0.25) is 0 Å². The van der Waals surface area contributed by atoms with Gasteiger partial charge in [0, 0.05) is 22.8 Å². The summed E-state index contributed by atoms with van der Waals surface area (Å²) < 4.78 is 26.1. The number of hydrogen-bond donors (Lipinski definition) is 2. The molecule has 0 heterocycles. The van der Waals surface area contributed by atoms with Crippen molar-refractivity contribution in [1.82, 2.24) is 0 Å². The van der Waals surface area contributed by atoms with Gasteiger partial charge in [-0.2, -0.15) is 0 Å². The van der Waals surface area contributed by atoms with E-state index in [9.17, 15) is 13.9 Å². The third kappa shape index (κ3) is 4.61. The normalized spacial score (nSPS) is 16.6. The lowest BCUT2D eigenvalue weighted by Gasteiger charge is -2.24. The lowest BCUT2D eigenvalue weighted by atomic mass is 10.0. The molecule has 0 aliphatic carbocycles. The summed E-state index contributed by atoms with van der Waals surface area (Å²) in [4.78, 5) is 0.381. The molecule has 0 bridgehead atoms. The number of hydrogen-bond acceptors (Lipinski definition) is 3. The molecule has 0 aliphatic heterocycles. The molecule has 1 aromatic carbocycles. The molecule has 0 saturated carbocycles. The van der Waals surface area contributed by atoms with Crippen molar-refractivity contribution in [2.45, 2.75) is 36.0 Å². The van der Waals surface area contributed by atoms with Gasteiger partial charge in [0.1, 0.15) is 11.6 Å². The summed E-state index contributed by atoms with van der Waals surface area (Å²) in [6.45, 7) is 3.67. The van der Waals surface area contributed by atoms with Crippen LogP contribution in [0, 0.1) is 11.6 Å². The van der Waals surface area contributed by atoms with Gasteiger partial charge in [0.2, 0.25) is 0 Å². The molecule has 17 heavy (non-hydrogen) atoms. The van der Waals surface area contributed by atoms with Crippen LogP contribution in [0.15, 0.2) is 23.1 Å². The molecule has 2 nitrogen and oxygen atoms in total. The molecule has 5 heteroatoms. The number of thioether (sulfide) groups is 1. The van der Waals surface area contributed by atoms with Gasteiger partial charge >= 0.3 is 0 Å². The van der Waals surface area contributed by atoms with Crippen molar-refractivity contribution in [1.29, 1.82) is 0 Å². The molecule has 3 N–H and O–H groups in total. The maximum atomic E-state index is 13.4. The second kappa shape index (κ2) is 5.80. The highest BCUT2D eigenvalue weighted by Crippen LogP contribution is 2.30. The van der Waals surface area contributed by atoms with Crippen LogP contribution in [0.5, 0.6) is 0 Å². The topological polar surface area (TPSA) is 46.2 Å². The average Bonchev–Trinajstić information content (AvgIpc) is 2.21. The predicted octanol–water partition coefficient (Wildman–Crippen LogP) is 2.55. The summed E-state index contributed by atoms with van der Waals surface area (Å²) in [7, 11) is 0. The maximum Gasteiger partial charge on any atom is 0.139 e. The summed E-state index contributed by atoms with van der Waals surface area (Å²) in [5, 5.41) is 9.79. The van der Waals surface area contributed by atoms with Crippen LogP contribution in [-0.2, 0) is 0 Å². The summed E-state index contributed by atoms with van der Waals surface area (Å²) in [5.74, 6) is -1.16. The van der Waals surface area contributed by atoms with Crippen molar-refractivity contribution in [3.8, 4) is 0 Å². The first kappa shape index (κ1) is 14.4. The van der Waals surface area contributed by atoms with Gasteiger partial charge < -0.3 is 10.8 Å². The zero-order chi connectivity index (χ0) is 13.1. The van der Waals surface area contributed by atoms with Gasteiger partial charge in [0.15, 0.2) is 0 Å². The van der Waals surface area contributed by atoms with Crippen molar-refractivity contribution in [3.05, 3.63) is 29.8 Å². The quantitative estimate of drug-likeness (QED) is 0.801. The lowest BCUT2D eigenvalue weighted by molar-refractivity contribution is 0.0608. The third-order valence-corrected chi connectivity index (χ3v) is 3.54. The van der Waals surface area contributed by atoms with Gasteiger partial charge in [-0.05, 0) is 25.5 Å². The Labute approximate surface area is 104 Å². The van der Waals surface area contributed by atoms with Crippen molar-refractivity contribution in [2.75, 3.05) is 6.54 Å². The summed E-state index contributed by atoms with van der Waals surface area (Å²) in [6.07, 6.45) is 0.449. The van der Waals surface area contributed by atoms with Crippen LogP contribution in [0.3, 0.4) is 0 Å². The Balaban J connectivity index is 2.65. The van der Waals surface area contributed by atoms with E-state index in [1.165, 1.54) is 23.9 Å². The van der Waals surface area contributed by atoms with Crippen LogP contribution in [0.1, 0.15) is 20.3 Å². The van der Waals surface area contributed by atoms with Crippen LogP contribution in [0.25, 0.3) is 0 Å². The zero-order valence-corrected chi connectivity index (χ0v) is 10.7. The second-order valence-electron chi connectivity index (χ2n) is 4.41. The largest absolute Gasteiger partial charge is 0.389 e. The van der Waals surface area contributed by atoms with Crippen LogP contribution >= 0.6 is 11.8 Å². The Bertz CT molecular complexity index is 385. The van der Waals surface area contributed by atoms with Crippen LogP contribution < -0.4 is 5.73 Å². The summed E-state index contributed by atoms with van der Waals surface area (Å²) in [6, 6.07) is 3.48. The fourth-order valence-corrected chi connectivity index (χ4v) is 2.73. The highest BCUT2D eigenvalue weighted by atomic mass is 32.2. The van der Waals surface area contributed by atoms with E-state index in [2.05, 4.69) is 0 Å². The maximum absolute atomic E-state index is 13.4. The SMILES string of the molecule is CC(CC(C)(O)CN)Sc1ccc(F)cc1F. The van der Waals surface area contributed by atoms with Crippen molar-refractivity contribution in [3.63, 3.8) is 0 Å². The van der Waals surface area contributed by atoms with Crippen LogP contribution in [0.4, 0.5) is 8.78 Å². The molecule has 0 saturated heterocycles. The van der Waals surface area contributed by atoms with E-state index in [1.807, 2.05) is 6.92 Å². The highest BCUT2D eigenvalue weighted by Gasteiger charge is 2.22. The average molecular weight is 261 g/mol. The molecule has 0 spiro atoms.